The lowest BCUT2D eigenvalue weighted by Crippen LogP contribution is -2.12. The Balaban J connectivity index is 2.37. The van der Waals surface area contributed by atoms with Crippen LogP contribution in [0.5, 0.6) is 0 Å². The van der Waals surface area contributed by atoms with Crippen LogP contribution in [-0.2, 0) is 4.74 Å². The topological polar surface area (TPSA) is 72.3 Å². The first-order valence-corrected chi connectivity index (χ1v) is 5.81. The van der Waals surface area contributed by atoms with E-state index in [1.165, 1.54) is 6.20 Å². The predicted molar refractivity (Wildman–Crippen MR) is 61.0 cm³/mol. The second-order valence-electron chi connectivity index (χ2n) is 4.49. The van der Waals surface area contributed by atoms with E-state index in [0.717, 1.165) is 19.4 Å². The lowest BCUT2D eigenvalue weighted by atomic mass is 10.0. The third kappa shape index (κ3) is 2.44. The van der Waals surface area contributed by atoms with Crippen molar-refractivity contribution in [3.05, 3.63) is 23.3 Å². The minimum atomic E-state index is -0.979. The van der Waals surface area contributed by atoms with Gasteiger partial charge < -0.3 is 9.84 Å². The van der Waals surface area contributed by atoms with Crippen LogP contribution in [0.3, 0.4) is 0 Å². The summed E-state index contributed by atoms with van der Waals surface area (Å²) in [6.07, 6.45) is 3.23. The van der Waals surface area contributed by atoms with Crippen LogP contribution in [0.25, 0.3) is 0 Å². The van der Waals surface area contributed by atoms with Gasteiger partial charge in [0.05, 0.1) is 11.3 Å². The van der Waals surface area contributed by atoms with E-state index in [1.807, 2.05) is 13.8 Å². The molecule has 5 heteroatoms. The molecule has 5 nitrogen and oxygen atoms in total. The Morgan fingerprint density at radius 3 is 2.88 bits per heavy atom. The molecule has 1 saturated heterocycles. The summed E-state index contributed by atoms with van der Waals surface area (Å²) >= 11 is 0. The summed E-state index contributed by atoms with van der Waals surface area (Å²) in [6, 6.07) is 0. The molecule has 0 aliphatic carbocycles. The zero-order chi connectivity index (χ0) is 12.4. The first-order chi connectivity index (χ1) is 8.09. The van der Waals surface area contributed by atoms with Crippen molar-refractivity contribution in [2.75, 3.05) is 6.61 Å². The summed E-state index contributed by atoms with van der Waals surface area (Å²) in [5.41, 5.74) is 0.764. The van der Waals surface area contributed by atoms with Gasteiger partial charge in [0.1, 0.15) is 6.10 Å². The fourth-order valence-electron chi connectivity index (χ4n) is 1.95. The standard InChI is InChI=1S/C12H16N2O3/c1-7(2)10-8(12(15)16)6-13-11(14-10)9-4-3-5-17-9/h6-7,9H,3-5H2,1-2H3,(H,15,16). The first-order valence-electron chi connectivity index (χ1n) is 5.81. The van der Waals surface area contributed by atoms with Crippen LogP contribution in [-0.4, -0.2) is 27.7 Å². The predicted octanol–water partition coefficient (Wildman–Crippen LogP) is 2.15. The van der Waals surface area contributed by atoms with E-state index in [1.54, 1.807) is 0 Å². The molecule has 0 spiro atoms. The number of ether oxygens (including phenoxy) is 1. The third-order valence-electron chi connectivity index (χ3n) is 2.83. The summed E-state index contributed by atoms with van der Waals surface area (Å²) in [5, 5.41) is 9.06. The number of aromatic nitrogens is 2. The van der Waals surface area contributed by atoms with Crippen molar-refractivity contribution in [3.63, 3.8) is 0 Å². The summed E-state index contributed by atoms with van der Waals surface area (Å²) in [6.45, 7) is 4.58. The van der Waals surface area contributed by atoms with E-state index in [-0.39, 0.29) is 17.6 Å². The number of carbonyl (C=O) groups is 1. The van der Waals surface area contributed by atoms with Crippen LogP contribution in [0.2, 0.25) is 0 Å². The zero-order valence-corrected chi connectivity index (χ0v) is 10.0. The van der Waals surface area contributed by atoms with Crippen molar-refractivity contribution in [2.24, 2.45) is 0 Å². The van der Waals surface area contributed by atoms with Crippen molar-refractivity contribution >= 4 is 5.97 Å². The molecule has 1 aromatic heterocycles. The van der Waals surface area contributed by atoms with Gasteiger partial charge in [-0.25, -0.2) is 14.8 Å². The van der Waals surface area contributed by atoms with Crippen molar-refractivity contribution in [1.82, 2.24) is 9.97 Å². The Morgan fingerprint density at radius 1 is 1.59 bits per heavy atom. The Bertz CT molecular complexity index is 426. The molecule has 1 aliphatic heterocycles. The van der Waals surface area contributed by atoms with Gasteiger partial charge in [-0.1, -0.05) is 13.8 Å². The fourth-order valence-corrected chi connectivity index (χ4v) is 1.95. The van der Waals surface area contributed by atoms with Gasteiger partial charge in [0.15, 0.2) is 5.82 Å². The Morgan fingerprint density at radius 2 is 2.35 bits per heavy atom. The smallest absolute Gasteiger partial charge is 0.339 e. The van der Waals surface area contributed by atoms with Gasteiger partial charge in [0, 0.05) is 12.8 Å². The molecule has 0 bridgehead atoms. The molecule has 1 fully saturated rings. The molecule has 92 valence electrons. The molecule has 1 unspecified atom stereocenters. The average Bonchev–Trinajstić information content (AvgIpc) is 2.81. The van der Waals surface area contributed by atoms with E-state index < -0.39 is 5.97 Å². The molecule has 0 radical (unpaired) electrons. The second-order valence-corrected chi connectivity index (χ2v) is 4.49. The molecular formula is C12H16N2O3. The van der Waals surface area contributed by atoms with Crippen LogP contribution >= 0.6 is 0 Å². The maximum Gasteiger partial charge on any atom is 0.339 e. The Hall–Kier alpha value is -1.49. The number of carboxylic acid groups (broad SMARTS) is 1. The first kappa shape index (κ1) is 12.0. The number of rotatable bonds is 3. The zero-order valence-electron chi connectivity index (χ0n) is 10.0. The molecule has 1 atom stereocenters. The Labute approximate surface area is 99.9 Å². The molecule has 17 heavy (non-hydrogen) atoms. The van der Waals surface area contributed by atoms with E-state index >= 15 is 0 Å². The van der Waals surface area contributed by atoms with Crippen LogP contribution in [0, 0.1) is 0 Å². The lowest BCUT2D eigenvalue weighted by Gasteiger charge is -2.13. The molecule has 2 heterocycles. The number of hydrogen-bond acceptors (Lipinski definition) is 4. The molecular weight excluding hydrogens is 220 g/mol. The van der Waals surface area contributed by atoms with E-state index in [9.17, 15) is 4.79 Å². The lowest BCUT2D eigenvalue weighted by molar-refractivity contribution is 0.0692. The highest BCUT2D eigenvalue weighted by Gasteiger charge is 2.23. The molecule has 1 aromatic rings. The van der Waals surface area contributed by atoms with Gasteiger partial charge in [-0.05, 0) is 18.8 Å². The van der Waals surface area contributed by atoms with Crippen molar-refractivity contribution in [1.29, 1.82) is 0 Å². The normalized spacial score (nSPS) is 19.8. The largest absolute Gasteiger partial charge is 0.478 e. The monoisotopic (exact) mass is 236 g/mol. The highest BCUT2D eigenvalue weighted by molar-refractivity contribution is 5.88. The third-order valence-corrected chi connectivity index (χ3v) is 2.83. The van der Waals surface area contributed by atoms with Gasteiger partial charge in [-0.2, -0.15) is 0 Å². The average molecular weight is 236 g/mol. The van der Waals surface area contributed by atoms with Crippen molar-refractivity contribution in [3.8, 4) is 0 Å². The van der Waals surface area contributed by atoms with Gasteiger partial charge in [0.25, 0.3) is 0 Å². The maximum atomic E-state index is 11.0. The molecule has 0 saturated carbocycles. The van der Waals surface area contributed by atoms with E-state index in [2.05, 4.69) is 9.97 Å². The molecule has 0 aromatic carbocycles. The highest BCUT2D eigenvalue weighted by atomic mass is 16.5. The number of nitrogens with zero attached hydrogens (tertiary/aromatic N) is 2. The van der Waals surface area contributed by atoms with Crippen LogP contribution in [0.1, 0.15) is 60.6 Å². The number of aromatic carboxylic acids is 1. The molecule has 0 amide bonds. The second kappa shape index (κ2) is 4.79. The van der Waals surface area contributed by atoms with Crippen molar-refractivity contribution < 1.29 is 14.6 Å². The SMILES string of the molecule is CC(C)c1nc(C2CCCO2)ncc1C(=O)O. The quantitative estimate of drug-likeness (QED) is 0.870. The summed E-state index contributed by atoms with van der Waals surface area (Å²) in [7, 11) is 0. The van der Waals surface area contributed by atoms with Gasteiger partial charge in [0.2, 0.25) is 0 Å². The van der Waals surface area contributed by atoms with Gasteiger partial charge >= 0.3 is 5.97 Å². The van der Waals surface area contributed by atoms with Crippen LogP contribution in [0.15, 0.2) is 6.20 Å². The molecule has 1 N–H and O–H groups in total. The summed E-state index contributed by atoms with van der Waals surface area (Å²) in [5.74, 6) is -0.312. The minimum Gasteiger partial charge on any atom is -0.478 e. The fraction of sp³-hybridized carbons (Fsp3) is 0.583. The van der Waals surface area contributed by atoms with Gasteiger partial charge in [-0.15, -0.1) is 0 Å². The minimum absolute atomic E-state index is 0.0595. The highest BCUT2D eigenvalue weighted by Crippen LogP contribution is 2.27. The Kier molecular flexibility index (Phi) is 3.38. The van der Waals surface area contributed by atoms with E-state index in [4.69, 9.17) is 9.84 Å². The maximum absolute atomic E-state index is 11.0. The van der Waals surface area contributed by atoms with Gasteiger partial charge in [-0.3, -0.25) is 0 Å². The van der Waals surface area contributed by atoms with E-state index in [0.29, 0.717) is 11.5 Å². The number of carboxylic acids is 1. The van der Waals surface area contributed by atoms with Crippen LogP contribution in [0.4, 0.5) is 0 Å². The summed E-state index contributed by atoms with van der Waals surface area (Å²) < 4.78 is 5.50. The van der Waals surface area contributed by atoms with Crippen molar-refractivity contribution in [2.45, 2.75) is 38.7 Å². The molecule has 1 aliphatic rings. The summed E-state index contributed by atoms with van der Waals surface area (Å²) in [4.78, 5) is 19.5. The number of hydrogen-bond donors (Lipinski definition) is 1. The van der Waals surface area contributed by atoms with Crippen LogP contribution < -0.4 is 0 Å². The molecule has 2 rings (SSSR count).